The Morgan fingerprint density at radius 1 is 1.18 bits per heavy atom. The van der Waals surface area contributed by atoms with Crippen LogP contribution in [0.2, 0.25) is 5.02 Å². The molecule has 146 valence electrons. The molecule has 1 heterocycles. The number of ether oxygens (including phenoxy) is 1. The zero-order valence-corrected chi connectivity index (χ0v) is 16.1. The third-order valence-corrected chi connectivity index (χ3v) is 4.55. The molecule has 0 atom stereocenters. The molecule has 2 aromatic rings. The van der Waals surface area contributed by atoms with E-state index in [1.807, 2.05) is 0 Å². The van der Waals surface area contributed by atoms with Gasteiger partial charge >= 0.3 is 5.97 Å². The highest BCUT2D eigenvalue weighted by atomic mass is 35.5. The van der Waals surface area contributed by atoms with E-state index < -0.39 is 11.6 Å². The summed E-state index contributed by atoms with van der Waals surface area (Å²) in [7, 11) is 0. The molecule has 8 heteroatoms. The van der Waals surface area contributed by atoms with Crippen molar-refractivity contribution >= 4 is 40.8 Å². The van der Waals surface area contributed by atoms with Gasteiger partial charge in [-0.1, -0.05) is 11.6 Å². The van der Waals surface area contributed by atoms with Crippen molar-refractivity contribution in [2.45, 2.75) is 25.9 Å². The molecular weight excluding hydrogens is 384 g/mol. The molecule has 1 aliphatic heterocycles. The van der Waals surface area contributed by atoms with Gasteiger partial charge in [0.1, 0.15) is 5.75 Å². The lowest BCUT2D eigenvalue weighted by molar-refractivity contribution is -0.132. The van der Waals surface area contributed by atoms with Gasteiger partial charge in [-0.3, -0.25) is 9.59 Å². The first kappa shape index (κ1) is 19.7. The highest BCUT2D eigenvalue weighted by Gasteiger charge is 2.40. The van der Waals surface area contributed by atoms with Crippen LogP contribution in [-0.2, 0) is 9.59 Å². The molecule has 0 unspecified atom stereocenters. The largest absolute Gasteiger partial charge is 0.478 e. The maximum absolute atomic E-state index is 12.8. The van der Waals surface area contributed by atoms with E-state index in [1.54, 1.807) is 32.0 Å². The molecule has 0 fully saturated rings. The number of rotatable bonds is 5. The molecule has 2 amide bonds. The predicted molar refractivity (Wildman–Crippen MR) is 105 cm³/mol. The van der Waals surface area contributed by atoms with Gasteiger partial charge < -0.3 is 20.1 Å². The van der Waals surface area contributed by atoms with Crippen molar-refractivity contribution in [2.24, 2.45) is 0 Å². The second-order valence-corrected chi connectivity index (χ2v) is 7.30. The molecule has 3 rings (SSSR count). The Balaban J connectivity index is 1.70. The van der Waals surface area contributed by atoms with Crippen molar-refractivity contribution in [1.29, 1.82) is 0 Å². The van der Waals surface area contributed by atoms with Gasteiger partial charge in [0, 0.05) is 23.7 Å². The number of hydrogen-bond donors (Lipinski definition) is 2. The summed E-state index contributed by atoms with van der Waals surface area (Å²) in [5, 5.41) is 12.1. The van der Waals surface area contributed by atoms with E-state index in [2.05, 4.69) is 5.32 Å². The predicted octanol–water partition coefficient (Wildman–Crippen LogP) is 3.57. The smallest absolute Gasteiger partial charge is 0.335 e. The first-order valence-electron chi connectivity index (χ1n) is 8.61. The van der Waals surface area contributed by atoms with Crippen molar-refractivity contribution in [3.05, 3.63) is 53.1 Å². The van der Waals surface area contributed by atoms with Crippen LogP contribution >= 0.6 is 11.6 Å². The van der Waals surface area contributed by atoms with Gasteiger partial charge in [-0.15, -0.1) is 0 Å². The van der Waals surface area contributed by atoms with Gasteiger partial charge in [0.05, 0.1) is 11.3 Å². The Morgan fingerprint density at radius 3 is 2.50 bits per heavy atom. The maximum Gasteiger partial charge on any atom is 0.335 e. The van der Waals surface area contributed by atoms with Crippen molar-refractivity contribution in [1.82, 2.24) is 0 Å². The zero-order valence-electron chi connectivity index (χ0n) is 15.4. The quantitative estimate of drug-likeness (QED) is 0.797. The maximum atomic E-state index is 12.8. The van der Waals surface area contributed by atoms with Crippen LogP contribution in [0.25, 0.3) is 0 Å². The third kappa shape index (κ3) is 4.09. The molecule has 0 saturated carbocycles. The summed E-state index contributed by atoms with van der Waals surface area (Å²) in [6.07, 6.45) is 0.0501. The minimum atomic E-state index is -1.05. The molecule has 0 saturated heterocycles. The molecule has 0 aliphatic carbocycles. The fourth-order valence-electron chi connectivity index (χ4n) is 2.90. The van der Waals surface area contributed by atoms with Crippen molar-refractivity contribution in [2.75, 3.05) is 16.8 Å². The van der Waals surface area contributed by atoms with Gasteiger partial charge in [-0.25, -0.2) is 4.79 Å². The summed E-state index contributed by atoms with van der Waals surface area (Å²) in [5.74, 6) is -1.08. The number of nitrogens with zero attached hydrogens (tertiary/aromatic N) is 1. The average Bonchev–Trinajstić information content (AvgIpc) is 2.63. The number of carboxylic acids is 1. The molecule has 2 aromatic carbocycles. The molecule has 0 aromatic heterocycles. The Hall–Kier alpha value is -3.06. The van der Waals surface area contributed by atoms with Crippen LogP contribution in [-0.4, -0.2) is 35.0 Å². The molecule has 7 nitrogen and oxygen atoms in total. The lowest BCUT2D eigenvalue weighted by Gasteiger charge is -2.38. The van der Waals surface area contributed by atoms with Crippen LogP contribution in [0.3, 0.4) is 0 Å². The van der Waals surface area contributed by atoms with Crippen LogP contribution in [0.1, 0.15) is 30.6 Å². The lowest BCUT2D eigenvalue weighted by Crippen LogP contribution is -2.53. The Bertz CT molecular complexity index is 940. The number of carbonyl (C=O) groups excluding carboxylic acids is 2. The molecular formula is C20H19ClN2O5. The van der Waals surface area contributed by atoms with Crippen LogP contribution in [0.5, 0.6) is 5.75 Å². The first-order chi connectivity index (χ1) is 13.2. The van der Waals surface area contributed by atoms with Gasteiger partial charge in [0.15, 0.2) is 5.60 Å². The van der Waals surface area contributed by atoms with Gasteiger partial charge in [0.25, 0.3) is 5.91 Å². The topological polar surface area (TPSA) is 95.9 Å². The second kappa shape index (κ2) is 7.52. The summed E-state index contributed by atoms with van der Waals surface area (Å²) in [6.45, 7) is 3.49. The molecule has 1 aliphatic rings. The fourth-order valence-corrected chi connectivity index (χ4v) is 3.06. The number of anilines is 2. The molecule has 0 spiro atoms. The zero-order chi connectivity index (χ0) is 20.5. The van der Waals surface area contributed by atoms with E-state index in [0.29, 0.717) is 22.1 Å². The number of nitrogens with one attached hydrogen (secondary N) is 1. The van der Waals surface area contributed by atoms with E-state index >= 15 is 0 Å². The highest BCUT2D eigenvalue weighted by molar-refractivity contribution is 6.31. The SMILES string of the molecule is CC1(C)Oc2ccc(Cl)cc2N(CCC(=O)Nc2ccc(C(=O)O)cc2)C1=O. The van der Waals surface area contributed by atoms with E-state index in [9.17, 15) is 14.4 Å². The minimum Gasteiger partial charge on any atom is -0.478 e. The number of benzene rings is 2. The molecule has 28 heavy (non-hydrogen) atoms. The van der Waals surface area contributed by atoms with Crippen LogP contribution in [0.4, 0.5) is 11.4 Å². The van der Waals surface area contributed by atoms with Crippen molar-refractivity contribution in [3.63, 3.8) is 0 Å². The van der Waals surface area contributed by atoms with E-state index in [1.165, 1.54) is 29.2 Å². The highest BCUT2D eigenvalue weighted by Crippen LogP contribution is 2.39. The van der Waals surface area contributed by atoms with Crippen LogP contribution in [0.15, 0.2) is 42.5 Å². The summed E-state index contributed by atoms with van der Waals surface area (Å²) in [5.41, 5.74) is 0.0828. The number of fused-ring (bicyclic) bond motifs is 1. The van der Waals surface area contributed by atoms with Crippen molar-refractivity contribution < 1.29 is 24.2 Å². The Morgan fingerprint density at radius 2 is 1.86 bits per heavy atom. The molecule has 0 bridgehead atoms. The average molecular weight is 403 g/mol. The third-order valence-electron chi connectivity index (χ3n) is 4.32. The molecule has 2 N–H and O–H groups in total. The monoisotopic (exact) mass is 402 g/mol. The van der Waals surface area contributed by atoms with Gasteiger partial charge in [0.2, 0.25) is 5.91 Å². The van der Waals surface area contributed by atoms with E-state index in [4.69, 9.17) is 21.4 Å². The first-order valence-corrected chi connectivity index (χ1v) is 8.99. The molecule has 0 radical (unpaired) electrons. The number of carbonyl (C=O) groups is 3. The Kier molecular flexibility index (Phi) is 5.29. The minimum absolute atomic E-state index is 0.0501. The van der Waals surface area contributed by atoms with Crippen molar-refractivity contribution in [3.8, 4) is 5.75 Å². The number of aromatic carboxylic acids is 1. The van der Waals surface area contributed by atoms with Gasteiger partial charge in [-0.05, 0) is 56.3 Å². The van der Waals surface area contributed by atoms with Gasteiger partial charge in [-0.2, -0.15) is 0 Å². The number of amides is 2. The summed E-state index contributed by atoms with van der Waals surface area (Å²) in [4.78, 5) is 37.4. The van der Waals surface area contributed by atoms with E-state index in [0.717, 1.165) is 0 Å². The van der Waals surface area contributed by atoms with Crippen LogP contribution in [0, 0.1) is 0 Å². The summed E-state index contributed by atoms with van der Waals surface area (Å²) >= 11 is 6.05. The number of hydrogen-bond acceptors (Lipinski definition) is 4. The normalized spacial score (nSPS) is 14.8. The lowest BCUT2D eigenvalue weighted by atomic mass is 10.0. The summed E-state index contributed by atoms with van der Waals surface area (Å²) in [6, 6.07) is 10.8. The van der Waals surface area contributed by atoms with E-state index in [-0.39, 0.29) is 30.3 Å². The Labute approximate surface area is 166 Å². The number of carboxylic acid groups (broad SMARTS) is 1. The second-order valence-electron chi connectivity index (χ2n) is 6.86. The number of halogens is 1. The summed E-state index contributed by atoms with van der Waals surface area (Å²) < 4.78 is 5.75. The van der Waals surface area contributed by atoms with Crippen LogP contribution < -0.4 is 15.0 Å². The standard InChI is InChI=1S/C20H19ClN2O5/c1-20(2)19(27)23(15-11-13(21)5-8-16(15)28-20)10-9-17(24)22-14-6-3-12(4-7-14)18(25)26/h3-8,11H,9-10H2,1-2H3,(H,22,24)(H,25,26). The fraction of sp³-hybridized carbons (Fsp3) is 0.250.